The van der Waals surface area contributed by atoms with E-state index in [1.807, 2.05) is 11.9 Å². The molecule has 17 heavy (non-hydrogen) atoms. The Kier molecular flexibility index (Phi) is 2.78. The van der Waals surface area contributed by atoms with Crippen molar-refractivity contribution >= 4 is 18.3 Å². The molecule has 0 unspecified atom stereocenters. The summed E-state index contributed by atoms with van der Waals surface area (Å²) < 4.78 is 0. The number of aldehydes is 1. The third-order valence-electron chi connectivity index (χ3n) is 3.56. The van der Waals surface area contributed by atoms with E-state index in [2.05, 4.69) is 0 Å². The molecule has 0 bridgehead atoms. The average Bonchev–Trinajstić information content (AvgIpc) is 2.18. The number of likely N-dealkylation sites (tertiary alicyclic amines) is 1. The number of carbonyl (C=O) groups excluding carboxylic acids is 2. The molecule has 7 heteroatoms. The second-order valence-electron chi connectivity index (χ2n) is 4.66. The van der Waals surface area contributed by atoms with Gasteiger partial charge in [0.05, 0.1) is 18.6 Å². The Morgan fingerprint density at radius 1 is 1.47 bits per heavy atom. The van der Waals surface area contributed by atoms with Gasteiger partial charge in [-0.2, -0.15) is 0 Å². The highest BCUT2D eigenvalue weighted by molar-refractivity contribution is 5.81. The van der Waals surface area contributed by atoms with E-state index in [4.69, 9.17) is 5.11 Å². The van der Waals surface area contributed by atoms with E-state index in [0.29, 0.717) is 25.9 Å². The molecule has 0 aromatic carbocycles. The summed E-state index contributed by atoms with van der Waals surface area (Å²) in [5.74, 6) is -0.0843. The topological polar surface area (TPSA) is 81.2 Å². The maximum atomic E-state index is 11.6. The molecular weight excluding hydrogens is 226 g/mol. The van der Waals surface area contributed by atoms with Gasteiger partial charge in [0, 0.05) is 19.6 Å². The number of nitrogens with zero attached hydrogens (tertiary/aromatic N) is 3. The summed E-state index contributed by atoms with van der Waals surface area (Å²) in [6.07, 6.45) is -0.243. The predicted octanol–water partition coefficient (Wildman–Crippen LogP) is -1.31. The lowest BCUT2D eigenvalue weighted by molar-refractivity contribution is -0.151. The summed E-state index contributed by atoms with van der Waals surface area (Å²) in [5, 5.41) is 8.83. The van der Waals surface area contributed by atoms with Crippen LogP contribution in [-0.4, -0.2) is 83.4 Å². The molecule has 7 nitrogen and oxygen atoms in total. The summed E-state index contributed by atoms with van der Waals surface area (Å²) in [6.45, 7) is 1.52. The zero-order chi connectivity index (χ0) is 12.6. The third kappa shape index (κ3) is 1.86. The molecule has 0 radical (unpaired) electrons. The first-order valence-electron chi connectivity index (χ1n) is 5.39. The van der Waals surface area contributed by atoms with Gasteiger partial charge in [0.15, 0.2) is 0 Å². The Bertz CT molecular complexity index is 365. The van der Waals surface area contributed by atoms with Crippen LogP contribution in [-0.2, 0) is 9.59 Å². The Labute approximate surface area is 98.6 Å². The number of carboxylic acid groups (broad SMARTS) is 1. The minimum Gasteiger partial charge on any atom is -0.465 e. The number of carbonyl (C=O) groups is 3. The second-order valence-corrected chi connectivity index (χ2v) is 4.66. The largest absolute Gasteiger partial charge is 0.465 e. The molecule has 1 spiro atoms. The van der Waals surface area contributed by atoms with Crippen LogP contribution >= 0.6 is 0 Å². The Hall–Kier alpha value is -1.63. The highest BCUT2D eigenvalue weighted by Gasteiger charge is 2.52. The molecule has 2 fully saturated rings. The fourth-order valence-electron chi connectivity index (χ4n) is 2.43. The SMILES string of the molecule is CN1CC(=O)N(CC=O)CC12CN(C(=O)O)C2. The Balaban J connectivity index is 2.06. The first-order chi connectivity index (χ1) is 7.98. The van der Waals surface area contributed by atoms with Crippen molar-refractivity contribution in [2.45, 2.75) is 5.54 Å². The van der Waals surface area contributed by atoms with Gasteiger partial charge < -0.3 is 19.7 Å². The second kappa shape index (κ2) is 3.99. The van der Waals surface area contributed by atoms with E-state index in [1.165, 1.54) is 9.80 Å². The van der Waals surface area contributed by atoms with Crippen LogP contribution in [0.1, 0.15) is 0 Å². The first-order valence-corrected chi connectivity index (χ1v) is 5.39. The van der Waals surface area contributed by atoms with Crippen molar-refractivity contribution in [3.63, 3.8) is 0 Å². The van der Waals surface area contributed by atoms with Crippen molar-refractivity contribution in [3.8, 4) is 0 Å². The van der Waals surface area contributed by atoms with Gasteiger partial charge in [-0.3, -0.25) is 9.69 Å². The van der Waals surface area contributed by atoms with E-state index >= 15 is 0 Å². The maximum absolute atomic E-state index is 11.6. The molecule has 0 saturated carbocycles. The van der Waals surface area contributed by atoms with Gasteiger partial charge in [0.25, 0.3) is 0 Å². The number of piperazine rings is 1. The zero-order valence-electron chi connectivity index (χ0n) is 9.63. The van der Waals surface area contributed by atoms with Crippen LogP contribution in [0.25, 0.3) is 0 Å². The van der Waals surface area contributed by atoms with Crippen LogP contribution in [0.5, 0.6) is 0 Å². The standard InChI is InChI=1S/C10H15N3O4/c1-11-4-8(15)12(2-3-14)5-10(11)6-13(7-10)9(16)17/h3H,2,4-7H2,1H3,(H,16,17). The summed E-state index contributed by atoms with van der Waals surface area (Å²) in [4.78, 5) is 37.6. The molecule has 2 saturated heterocycles. The Morgan fingerprint density at radius 3 is 2.65 bits per heavy atom. The van der Waals surface area contributed by atoms with Crippen molar-refractivity contribution in [1.29, 1.82) is 0 Å². The monoisotopic (exact) mass is 241 g/mol. The van der Waals surface area contributed by atoms with E-state index in [1.54, 1.807) is 0 Å². The van der Waals surface area contributed by atoms with Crippen LogP contribution in [0.15, 0.2) is 0 Å². The van der Waals surface area contributed by atoms with Gasteiger partial charge in [0.2, 0.25) is 5.91 Å². The van der Waals surface area contributed by atoms with Crippen molar-refractivity contribution < 1.29 is 19.5 Å². The molecule has 2 aliphatic rings. The molecule has 0 atom stereocenters. The lowest BCUT2D eigenvalue weighted by Gasteiger charge is -2.57. The minimum absolute atomic E-state index is 0.0843. The zero-order valence-corrected chi connectivity index (χ0v) is 9.63. The number of hydrogen-bond acceptors (Lipinski definition) is 4. The number of amides is 2. The number of likely N-dealkylation sites (N-methyl/N-ethyl adjacent to an activating group) is 1. The van der Waals surface area contributed by atoms with E-state index in [0.717, 1.165) is 0 Å². The molecule has 2 heterocycles. The van der Waals surface area contributed by atoms with Gasteiger partial charge in [-0.1, -0.05) is 0 Å². The molecule has 0 aromatic heterocycles. The lowest BCUT2D eigenvalue weighted by Crippen LogP contribution is -2.77. The van der Waals surface area contributed by atoms with Crippen molar-refractivity contribution in [3.05, 3.63) is 0 Å². The highest BCUT2D eigenvalue weighted by Crippen LogP contribution is 2.30. The van der Waals surface area contributed by atoms with Crippen LogP contribution < -0.4 is 0 Å². The summed E-state index contributed by atoms with van der Waals surface area (Å²) in [7, 11) is 1.81. The van der Waals surface area contributed by atoms with E-state index < -0.39 is 6.09 Å². The fraction of sp³-hybridized carbons (Fsp3) is 0.700. The van der Waals surface area contributed by atoms with Gasteiger partial charge >= 0.3 is 6.09 Å². The molecule has 2 amide bonds. The molecule has 0 aromatic rings. The first kappa shape index (κ1) is 11.8. The molecule has 0 aliphatic carbocycles. The van der Waals surface area contributed by atoms with Crippen LogP contribution in [0, 0.1) is 0 Å². The average molecular weight is 241 g/mol. The van der Waals surface area contributed by atoms with Crippen LogP contribution in [0.2, 0.25) is 0 Å². The molecule has 1 N–H and O–H groups in total. The Morgan fingerprint density at radius 2 is 2.12 bits per heavy atom. The number of hydrogen-bond donors (Lipinski definition) is 1. The van der Waals surface area contributed by atoms with Crippen molar-refractivity contribution in [1.82, 2.24) is 14.7 Å². The molecular formula is C10H15N3O4. The van der Waals surface area contributed by atoms with E-state index in [-0.39, 0.29) is 24.5 Å². The van der Waals surface area contributed by atoms with Gasteiger partial charge in [-0.25, -0.2) is 4.79 Å². The summed E-state index contributed by atoms with van der Waals surface area (Å²) in [5.41, 5.74) is -0.310. The molecule has 94 valence electrons. The molecule has 2 rings (SSSR count). The highest BCUT2D eigenvalue weighted by atomic mass is 16.4. The van der Waals surface area contributed by atoms with Gasteiger partial charge in [-0.15, -0.1) is 0 Å². The van der Waals surface area contributed by atoms with Crippen LogP contribution in [0.3, 0.4) is 0 Å². The minimum atomic E-state index is -0.942. The maximum Gasteiger partial charge on any atom is 0.407 e. The fourth-order valence-corrected chi connectivity index (χ4v) is 2.43. The third-order valence-corrected chi connectivity index (χ3v) is 3.56. The molecule has 2 aliphatic heterocycles. The summed E-state index contributed by atoms with van der Waals surface area (Å²) >= 11 is 0. The van der Waals surface area contributed by atoms with Gasteiger partial charge in [-0.05, 0) is 7.05 Å². The van der Waals surface area contributed by atoms with E-state index in [9.17, 15) is 14.4 Å². The predicted molar refractivity (Wildman–Crippen MR) is 57.6 cm³/mol. The van der Waals surface area contributed by atoms with Crippen molar-refractivity contribution in [2.24, 2.45) is 0 Å². The van der Waals surface area contributed by atoms with Gasteiger partial charge in [0.1, 0.15) is 6.29 Å². The van der Waals surface area contributed by atoms with Crippen LogP contribution in [0.4, 0.5) is 4.79 Å². The van der Waals surface area contributed by atoms with Crippen molar-refractivity contribution in [2.75, 3.05) is 39.8 Å². The normalized spacial score (nSPS) is 23.7. The number of rotatable bonds is 2. The summed E-state index contributed by atoms with van der Waals surface area (Å²) in [6, 6.07) is 0. The smallest absolute Gasteiger partial charge is 0.407 e. The lowest BCUT2D eigenvalue weighted by atomic mass is 9.85. The quantitative estimate of drug-likeness (QED) is 0.607.